The molecule has 126 valence electrons. The lowest BCUT2D eigenvalue weighted by Gasteiger charge is -2.33. The van der Waals surface area contributed by atoms with Crippen LogP contribution in [0, 0.1) is 5.92 Å². The maximum atomic E-state index is 12.5. The van der Waals surface area contributed by atoms with E-state index in [1.807, 2.05) is 0 Å². The van der Waals surface area contributed by atoms with Gasteiger partial charge in [0.25, 0.3) is 5.91 Å². The van der Waals surface area contributed by atoms with Gasteiger partial charge in [0.2, 0.25) is 5.91 Å². The number of carbonyl (C=O) groups excluding carboxylic acids is 2. The van der Waals surface area contributed by atoms with Gasteiger partial charge < -0.3 is 20.7 Å². The van der Waals surface area contributed by atoms with Crippen molar-refractivity contribution < 1.29 is 14.3 Å². The molecule has 0 spiro atoms. The molecule has 2 fully saturated rings. The van der Waals surface area contributed by atoms with Gasteiger partial charge in [-0.05, 0) is 32.1 Å². The molecule has 2 aliphatic heterocycles. The Morgan fingerprint density at radius 1 is 1.32 bits per heavy atom. The molecule has 2 amide bonds. The van der Waals surface area contributed by atoms with E-state index >= 15 is 0 Å². The molecule has 2 rings (SSSR count). The van der Waals surface area contributed by atoms with Crippen molar-refractivity contribution in [1.29, 1.82) is 0 Å². The van der Waals surface area contributed by atoms with Crippen molar-refractivity contribution in [3.05, 3.63) is 0 Å². The Kier molecular flexibility index (Phi) is 6.64. The van der Waals surface area contributed by atoms with Crippen LogP contribution in [0.2, 0.25) is 0 Å². The second-order valence-electron chi connectivity index (χ2n) is 6.33. The van der Waals surface area contributed by atoms with E-state index in [4.69, 9.17) is 10.5 Å². The molecule has 2 saturated heterocycles. The van der Waals surface area contributed by atoms with Crippen molar-refractivity contribution in [2.45, 2.75) is 57.7 Å². The van der Waals surface area contributed by atoms with Gasteiger partial charge in [0, 0.05) is 26.2 Å². The molecule has 0 radical (unpaired) electrons. The summed E-state index contributed by atoms with van der Waals surface area (Å²) in [5.41, 5.74) is 5.59. The maximum Gasteiger partial charge on any atom is 0.251 e. The van der Waals surface area contributed by atoms with E-state index in [2.05, 4.69) is 12.2 Å². The summed E-state index contributed by atoms with van der Waals surface area (Å²) in [6.07, 6.45) is 5.03. The quantitative estimate of drug-likeness (QED) is 0.705. The molecule has 0 aromatic carbocycles. The van der Waals surface area contributed by atoms with Gasteiger partial charge in [-0.15, -0.1) is 0 Å². The molecule has 6 nitrogen and oxygen atoms in total. The largest absolute Gasteiger partial charge is 0.364 e. The SMILES string of the molecule is CCCCNC(=O)C1CCCN(C(=O)[C@@H]2CC[C@H](CN)O2)C1. The van der Waals surface area contributed by atoms with Crippen LogP contribution in [0.25, 0.3) is 0 Å². The molecule has 1 unspecified atom stereocenters. The van der Waals surface area contributed by atoms with Crippen molar-refractivity contribution in [2.24, 2.45) is 11.7 Å². The minimum absolute atomic E-state index is 0.00637. The van der Waals surface area contributed by atoms with Gasteiger partial charge in [0.1, 0.15) is 6.10 Å². The molecule has 3 N–H and O–H groups in total. The molecule has 2 aliphatic rings. The lowest BCUT2D eigenvalue weighted by molar-refractivity contribution is -0.145. The van der Waals surface area contributed by atoms with Crippen LogP contribution in [0.15, 0.2) is 0 Å². The van der Waals surface area contributed by atoms with Crippen molar-refractivity contribution >= 4 is 11.8 Å². The zero-order valence-electron chi connectivity index (χ0n) is 13.6. The fourth-order valence-electron chi connectivity index (χ4n) is 3.19. The van der Waals surface area contributed by atoms with E-state index in [1.165, 1.54) is 0 Å². The van der Waals surface area contributed by atoms with Crippen LogP contribution < -0.4 is 11.1 Å². The fraction of sp³-hybridized carbons (Fsp3) is 0.875. The Hall–Kier alpha value is -1.14. The van der Waals surface area contributed by atoms with Crippen molar-refractivity contribution in [3.63, 3.8) is 0 Å². The molecule has 6 heteroatoms. The van der Waals surface area contributed by atoms with Gasteiger partial charge in [0.05, 0.1) is 12.0 Å². The van der Waals surface area contributed by atoms with Crippen molar-refractivity contribution in [1.82, 2.24) is 10.2 Å². The van der Waals surface area contributed by atoms with Crippen LogP contribution >= 0.6 is 0 Å². The number of rotatable bonds is 6. The summed E-state index contributed by atoms with van der Waals surface area (Å²) in [4.78, 5) is 26.5. The molecule has 3 atom stereocenters. The molecule has 0 saturated carbocycles. The predicted molar refractivity (Wildman–Crippen MR) is 84.2 cm³/mol. The minimum atomic E-state index is -0.365. The van der Waals surface area contributed by atoms with Crippen LogP contribution in [0.3, 0.4) is 0 Å². The van der Waals surface area contributed by atoms with Crippen LogP contribution in [0.4, 0.5) is 0 Å². The number of nitrogens with two attached hydrogens (primary N) is 1. The number of unbranched alkanes of at least 4 members (excludes halogenated alkanes) is 1. The van der Waals surface area contributed by atoms with Crippen molar-refractivity contribution in [2.75, 3.05) is 26.2 Å². The van der Waals surface area contributed by atoms with Gasteiger partial charge in [-0.3, -0.25) is 9.59 Å². The monoisotopic (exact) mass is 311 g/mol. The topological polar surface area (TPSA) is 84.7 Å². The van der Waals surface area contributed by atoms with Gasteiger partial charge in [-0.25, -0.2) is 0 Å². The summed E-state index contributed by atoms with van der Waals surface area (Å²) >= 11 is 0. The first-order valence-corrected chi connectivity index (χ1v) is 8.57. The standard InChI is InChI=1S/C16H29N3O3/c1-2-3-8-18-15(20)12-5-4-9-19(11-12)16(21)14-7-6-13(10-17)22-14/h12-14H,2-11,17H2,1H3,(H,18,20)/t12?,13-,14+/m1/s1. The summed E-state index contributed by atoms with van der Waals surface area (Å²) in [6.45, 7) is 4.54. The Bertz CT molecular complexity index is 389. The second-order valence-corrected chi connectivity index (χ2v) is 6.33. The highest BCUT2D eigenvalue weighted by atomic mass is 16.5. The van der Waals surface area contributed by atoms with Crippen LogP contribution in [0.5, 0.6) is 0 Å². The molecular weight excluding hydrogens is 282 g/mol. The number of carbonyl (C=O) groups is 2. The van der Waals surface area contributed by atoms with Gasteiger partial charge in [-0.1, -0.05) is 13.3 Å². The minimum Gasteiger partial charge on any atom is -0.364 e. The summed E-state index contributed by atoms with van der Waals surface area (Å²) < 4.78 is 5.68. The molecule has 22 heavy (non-hydrogen) atoms. The fourth-order valence-corrected chi connectivity index (χ4v) is 3.19. The number of ether oxygens (including phenoxy) is 1. The zero-order chi connectivity index (χ0) is 15.9. The highest BCUT2D eigenvalue weighted by Gasteiger charge is 2.36. The van der Waals surface area contributed by atoms with Gasteiger partial charge in [-0.2, -0.15) is 0 Å². The van der Waals surface area contributed by atoms with Gasteiger partial charge >= 0.3 is 0 Å². The van der Waals surface area contributed by atoms with Gasteiger partial charge in [0.15, 0.2) is 0 Å². The average molecular weight is 311 g/mol. The Balaban J connectivity index is 1.82. The normalized spacial score (nSPS) is 28.6. The third kappa shape index (κ3) is 4.43. The van der Waals surface area contributed by atoms with E-state index in [0.29, 0.717) is 13.1 Å². The zero-order valence-corrected chi connectivity index (χ0v) is 13.6. The number of hydrogen-bond donors (Lipinski definition) is 2. The summed E-state index contributed by atoms with van der Waals surface area (Å²) in [7, 11) is 0. The summed E-state index contributed by atoms with van der Waals surface area (Å²) in [5.74, 6) is 0.0291. The highest BCUT2D eigenvalue weighted by molar-refractivity contribution is 5.83. The number of likely N-dealkylation sites (tertiary alicyclic amines) is 1. The number of hydrogen-bond acceptors (Lipinski definition) is 4. The van der Waals surface area contributed by atoms with E-state index in [0.717, 1.165) is 51.6 Å². The molecule has 0 aromatic rings. The third-order valence-corrected chi connectivity index (χ3v) is 4.58. The number of nitrogens with one attached hydrogen (secondary N) is 1. The van der Waals surface area contributed by atoms with Crippen LogP contribution in [-0.4, -0.2) is 55.1 Å². The Labute approximate surface area is 132 Å². The lowest BCUT2D eigenvalue weighted by atomic mass is 9.96. The van der Waals surface area contributed by atoms with E-state index in [9.17, 15) is 9.59 Å². The predicted octanol–water partition coefficient (Wildman–Crippen LogP) is 0.648. The molecule has 0 aromatic heterocycles. The summed E-state index contributed by atoms with van der Waals surface area (Å²) in [5, 5.41) is 2.97. The van der Waals surface area contributed by atoms with Crippen LogP contribution in [0.1, 0.15) is 45.4 Å². The highest BCUT2D eigenvalue weighted by Crippen LogP contribution is 2.24. The number of piperidine rings is 1. The van der Waals surface area contributed by atoms with Crippen molar-refractivity contribution in [3.8, 4) is 0 Å². The summed E-state index contributed by atoms with van der Waals surface area (Å²) in [6, 6.07) is 0. The first-order valence-electron chi connectivity index (χ1n) is 8.57. The molecule has 0 aliphatic carbocycles. The number of nitrogens with zero attached hydrogens (tertiary/aromatic N) is 1. The molecule has 2 heterocycles. The first kappa shape index (κ1) is 17.2. The first-order chi connectivity index (χ1) is 10.7. The third-order valence-electron chi connectivity index (χ3n) is 4.58. The molecule has 0 bridgehead atoms. The second kappa shape index (κ2) is 8.48. The number of amides is 2. The Morgan fingerprint density at radius 3 is 2.82 bits per heavy atom. The maximum absolute atomic E-state index is 12.5. The lowest BCUT2D eigenvalue weighted by Crippen LogP contribution is -2.48. The Morgan fingerprint density at radius 2 is 2.14 bits per heavy atom. The average Bonchev–Trinajstić information content (AvgIpc) is 3.03. The van der Waals surface area contributed by atoms with E-state index < -0.39 is 0 Å². The van der Waals surface area contributed by atoms with E-state index in [-0.39, 0.29) is 29.9 Å². The molecular formula is C16H29N3O3. The smallest absolute Gasteiger partial charge is 0.251 e. The van der Waals surface area contributed by atoms with E-state index in [1.54, 1.807) is 4.90 Å². The van der Waals surface area contributed by atoms with Crippen LogP contribution in [-0.2, 0) is 14.3 Å².